The van der Waals surface area contributed by atoms with E-state index in [4.69, 9.17) is 0 Å². The monoisotopic (exact) mass is 243 g/mol. The van der Waals surface area contributed by atoms with Crippen molar-refractivity contribution < 1.29 is 0 Å². The van der Waals surface area contributed by atoms with Crippen molar-refractivity contribution in [2.45, 2.75) is 45.7 Å². The van der Waals surface area contributed by atoms with Gasteiger partial charge in [0.15, 0.2) is 0 Å². The van der Waals surface area contributed by atoms with Crippen LogP contribution in [0.5, 0.6) is 0 Å². The zero-order chi connectivity index (χ0) is 12.2. The Morgan fingerprint density at radius 2 is 1.50 bits per heavy atom. The normalized spacial score (nSPS) is 12.2. The van der Waals surface area contributed by atoms with Crippen LogP contribution in [0.25, 0.3) is 0 Å². The molecule has 0 aromatic carbocycles. The fourth-order valence-corrected chi connectivity index (χ4v) is 2.00. The molecule has 0 fully saturated rings. The van der Waals surface area contributed by atoms with E-state index in [-0.39, 0.29) is 0 Å². The molecule has 0 bridgehead atoms. The van der Waals surface area contributed by atoms with Gasteiger partial charge in [-0.15, -0.1) is 0 Å². The van der Waals surface area contributed by atoms with Gasteiger partial charge in [0.05, 0.1) is 5.82 Å². The average Bonchev–Trinajstić information content (AvgIpc) is 2.30. The van der Waals surface area contributed by atoms with Crippen molar-refractivity contribution in [2.75, 3.05) is 19.6 Å². The summed E-state index contributed by atoms with van der Waals surface area (Å²) in [5, 5.41) is 10.4. The minimum absolute atomic E-state index is 0.559. The Kier molecular flexibility index (Phi) is 10.7. The highest BCUT2D eigenvalue weighted by atomic mass is 28.1. The van der Waals surface area contributed by atoms with Crippen molar-refractivity contribution >= 4 is 10.2 Å². The van der Waals surface area contributed by atoms with E-state index >= 15 is 0 Å². The van der Waals surface area contributed by atoms with E-state index in [0.717, 1.165) is 29.9 Å². The van der Waals surface area contributed by atoms with Crippen molar-refractivity contribution in [3.8, 4) is 0 Å². The van der Waals surface area contributed by atoms with Crippen LogP contribution < -0.4 is 16.0 Å². The van der Waals surface area contributed by atoms with Crippen molar-refractivity contribution in [1.29, 1.82) is 0 Å². The van der Waals surface area contributed by atoms with E-state index in [9.17, 15) is 0 Å². The molecule has 3 nitrogen and oxygen atoms in total. The maximum Gasteiger partial charge on any atom is 0.0957 e. The summed E-state index contributed by atoms with van der Waals surface area (Å²) in [5.74, 6) is 1.20. The van der Waals surface area contributed by atoms with Gasteiger partial charge in [0.25, 0.3) is 0 Å². The number of rotatable bonds is 10. The van der Waals surface area contributed by atoms with Gasteiger partial charge in [-0.05, 0) is 31.9 Å². The molecule has 0 aromatic heterocycles. The summed E-state index contributed by atoms with van der Waals surface area (Å²) in [6.07, 6.45) is 5.83. The van der Waals surface area contributed by atoms with E-state index in [0.29, 0.717) is 5.67 Å². The molecule has 0 rings (SSSR count). The summed E-state index contributed by atoms with van der Waals surface area (Å²) >= 11 is 0. The van der Waals surface area contributed by atoms with Crippen LogP contribution in [-0.4, -0.2) is 35.5 Å². The molecule has 0 amide bonds. The SMILES string of the molecule is CCCNC(=CC([SiH3])NCCC)NCCC. The van der Waals surface area contributed by atoms with Crippen LogP contribution >= 0.6 is 0 Å². The Labute approximate surface area is 104 Å². The van der Waals surface area contributed by atoms with Gasteiger partial charge in [-0.1, -0.05) is 20.8 Å². The fraction of sp³-hybridized carbons (Fsp3) is 0.833. The number of nitrogens with one attached hydrogen (secondary N) is 3. The molecule has 0 aliphatic heterocycles. The van der Waals surface area contributed by atoms with Crippen LogP contribution in [-0.2, 0) is 0 Å². The molecule has 1 unspecified atom stereocenters. The lowest BCUT2D eigenvalue weighted by Gasteiger charge is -2.16. The smallest absolute Gasteiger partial charge is 0.0957 e. The maximum atomic E-state index is 3.52. The van der Waals surface area contributed by atoms with Crippen LogP contribution in [0.3, 0.4) is 0 Å². The third-order valence-electron chi connectivity index (χ3n) is 2.26. The second-order valence-electron chi connectivity index (χ2n) is 4.18. The predicted octanol–water partition coefficient (Wildman–Crippen LogP) is 0.518. The molecule has 4 heteroatoms. The third kappa shape index (κ3) is 8.80. The van der Waals surface area contributed by atoms with E-state index in [1.807, 2.05) is 0 Å². The molecular formula is C12H29N3Si. The van der Waals surface area contributed by atoms with Crippen LogP contribution in [0.4, 0.5) is 0 Å². The first-order valence-electron chi connectivity index (χ1n) is 6.67. The zero-order valence-corrected chi connectivity index (χ0v) is 13.4. The minimum atomic E-state index is 0.559. The first-order chi connectivity index (χ1) is 7.74. The zero-order valence-electron chi connectivity index (χ0n) is 11.4. The molecule has 16 heavy (non-hydrogen) atoms. The van der Waals surface area contributed by atoms with Crippen LogP contribution in [0.15, 0.2) is 11.9 Å². The molecule has 3 N–H and O–H groups in total. The molecule has 0 spiro atoms. The number of hydrogen-bond donors (Lipinski definition) is 3. The fourth-order valence-electron chi connectivity index (χ4n) is 1.38. The van der Waals surface area contributed by atoms with Crippen molar-refractivity contribution in [1.82, 2.24) is 16.0 Å². The van der Waals surface area contributed by atoms with Gasteiger partial charge in [0.2, 0.25) is 0 Å². The van der Waals surface area contributed by atoms with Gasteiger partial charge in [0.1, 0.15) is 0 Å². The lowest BCUT2D eigenvalue weighted by molar-refractivity contribution is 0.639. The Balaban J connectivity index is 4.06. The summed E-state index contributed by atoms with van der Waals surface area (Å²) in [7, 11) is 1.15. The second-order valence-corrected chi connectivity index (χ2v) is 5.42. The third-order valence-corrected chi connectivity index (χ3v) is 3.01. The van der Waals surface area contributed by atoms with Crippen molar-refractivity contribution in [3.63, 3.8) is 0 Å². The summed E-state index contributed by atoms with van der Waals surface area (Å²) in [5.41, 5.74) is 0.559. The Morgan fingerprint density at radius 3 is 1.94 bits per heavy atom. The second kappa shape index (κ2) is 11.0. The molecule has 0 saturated heterocycles. The molecule has 96 valence electrons. The standard InChI is InChI=1S/C12H29N3Si/c1-4-7-13-11(14-8-5-2)10-12(16)15-9-6-3/h10,12-15H,4-9H2,1-3,16H3. The Morgan fingerprint density at radius 1 is 1.00 bits per heavy atom. The van der Waals surface area contributed by atoms with Gasteiger partial charge < -0.3 is 16.0 Å². The molecule has 0 aliphatic carbocycles. The minimum Gasteiger partial charge on any atom is -0.372 e. The highest BCUT2D eigenvalue weighted by Gasteiger charge is 1.99. The lowest BCUT2D eigenvalue weighted by atomic mass is 10.4. The van der Waals surface area contributed by atoms with Gasteiger partial charge in [0, 0.05) is 29.0 Å². The summed E-state index contributed by atoms with van der Waals surface area (Å²) in [6, 6.07) is 0. The summed E-state index contributed by atoms with van der Waals surface area (Å²) in [6.45, 7) is 9.79. The Bertz CT molecular complexity index is 173. The van der Waals surface area contributed by atoms with Gasteiger partial charge in [-0.2, -0.15) is 0 Å². The topological polar surface area (TPSA) is 36.1 Å². The van der Waals surface area contributed by atoms with Gasteiger partial charge >= 0.3 is 0 Å². The molecule has 0 heterocycles. The van der Waals surface area contributed by atoms with E-state index < -0.39 is 0 Å². The van der Waals surface area contributed by atoms with Crippen LogP contribution in [0, 0.1) is 0 Å². The molecule has 0 aliphatic rings. The maximum absolute atomic E-state index is 3.52. The first kappa shape index (κ1) is 15.5. The molecule has 0 saturated carbocycles. The van der Waals surface area contributed by atoms with E-state index in [2.05, 4.69) is 42.8 Å². The first-order valence-corrected chi connectivity index (χ1v) is 7.82. The largest absolute Gasteiger partial charge is 0.372 e. The van der Waals surface area contributed by atoms with Crippen LogP contribution in [0.1, 0.15) is 40.0 Å². The van der Waals surface area contributed by atoms with Crippen LogP contribution in [0.2, 0.25) is 0 Å². The lowest BCUT2D eigenvalue weighted by Crippen LogP contribution is -2.34. The average molecular weight is 243 g/mol. The van der Waals surface area contributed by atoms with E-state index in [1.54, 1.807) is 0 Å². The van der Waals surface area contributed by atoms with Crippen molar-refractivity contribution in [2.24, 2.45) is 0 Å². The van der Waals surface area contributed by atoms with Gasteiger partial charge in [-0.25, -0.2) is 0 Å². The van der Waals surface area contributed by atoms with E-state index in [1.165, 1.54) is 25.1 Å². The van der Waals surface area contributed by atoms with Gasteiger partial charge in [-0.3, -0.25) is 0 Å². The Hall–Kier alpha value is -0.483. The predicted molar refractivity (Wildman–Crippen MR) is 76.7 cm³/mol. The number of hydrogen-bond acceptors (Lipinski definition) is 3. The molecule has 1 atom stereocenters. The summed E-state index contributed by atoms with van der Waals surface area (Å²) < 4.78 is 0. The molecule has 0 radical (unpaired) electrons. The quantitative estimate of drug-likeness (QED) is 0.490. The highest BCUT2D eigenvalue weighted by Crippen LogP contribution is 1.90. The highest BCUT2D eigenvalue weighted by molar-refractivity contribution is 6.13. The summed E-state index contributed by atoms with van der Waals surface area (Å²) in [4.78, 5) is 0. The van der Waals surface area contributed by atoms with Crippen molar-refractivity contribution in [3.05, 3.63) is 11.9 Å². The molecular weight excluding hydrogens is 214 g/mol. The molecule has 0 aromatic rings.